The van der Waals surface area contributed by atoms with Crippen LogP contribution in [0.15, 0.2) is 102 Å². The number of hydrogen-bond donors (Lipinski definition) is 2. The summed E-state index contributed by atoms with van der Waals surface area (Å²) < 4.78 is 28.5. The number of carbonyl (C=O) groups excluding carboxylic acids is 1. The zero-order valence-electron chi connectivity index (χ0n) is 19.9. The van der Waals surface area contributed by atoms with Gasteiger partial charge in [-0.1, -0.05) is 83.9 Å². The quantitative estimate of drug-likeness (QED) is 0.341. The number of carbonyl (C=O) groups is 1. The number of hydrogen-bond acceptors (Lipinski definition) is 3. The molecule has 0 unspecified atom stereocenters. The van der Waals surface area contributed by atoms with Gasteiger partial charge in [-0.25, -0.2) is 8.42 Å². The van der Waals surface area contributed by atoms with Gasteiger partial charge in [-0.2, -0.15) is 0 Å². The SMILES string of the molecule is Cc1ccc([C@H](NC(=O)c2ccc(C)c(NS(=O)(=O)c3ccc(C)cc3)c2)c2ccccc2)cc1. The molecule has 0 saturated heterocycles. The highest BCUT2D eigenvalue weighted by Crippen LogP contribution is 2.25. The summed E-state index contributed by atoms with van der Waals surface area (Å²) in [5, 5.41) is 3.12. The van der Waals surface area contributed by atoms with Crippen molar-refractivity contribution in [1.29, 1.82) is 0 Å². The molecule has 0 aliphatic carbocycles. The molecule has 6 heteroatoms. The Morgan fingerprint density at radius 1 is 0.714 bits per heavy atom. The van der Waals surface area contributed by atoms with Gasteiger partial charge in [0.1, 0.15) is 0 Å². The largest absolute Gasteiger partial charge is 0.341 e. The third-order valence-electron chi connectivity index (χ3n) is 5.89. The first-order chi connectivity index (χ1) is 16.7. The van der Waals surface area contributed by atoms with Crippen LogP contribution in [0.5, 0.6) is 0 Å². The Bertz CT molecular complexity index is 1430. The lowest BCUT2D eigenvalue weighted by atomic mass is 9.97. The predicted molar refractivity (Wildman–Crippen MR) is 140 cm³/mol. The Labute approximate surface area is 206 Å². The molecule has 4 aromatic carbocycles. The smallest absolute Gasteiger partial charge is 0.261 e. The van der Waals surface area contributed by atoms with Crippen LogP contribution in [0.3, 0.4) is 0 Å². The second-order valence-electron chi connectivity index (χ2n) is 8.68. The van der Waals surface area contributed by atoms with Gasteiger partial charge < -0.3 is 5.32 Å². The van der Waals surface area contributed by atoms with Crippen molar-refractivity contribution in [2.75, 3.05) is 4.72 Å². The number of sulfonamides is 1. The summed E-state index contributed by atoms with van der Waals surface area (Å²) in [4.78, 5) is 13.5. The lowest BCUT2D eigenvalue weighted by molar-refractivity contribution is 0.0943. The Morgan fingerprint density at radius 3 is 1.91 bits per heavy atom. The molecule has 0 aromatic heterocycles. The second-order valence-corrected chi connectivity index (χ2v) is 10.4. The zero-order chi connectivity index (χ0) is 25.0. The van der Waals surface area contributed by atoms with Gasteiger partial charge in [0.25, 0.3) is 15.9 Å². The minimum atomic E-state index is -3.79. The van der Waals surface area contributed by atoms with Crippen LogP contribution < -0.4 is 10.0 Å². The van der Waals surface area contributed by atoms with Crippen LogP contribution in [0.2, 0.25) is 0 Å². The molecule has 2 N–H and O–H groups in total. The van der Waals surface area contributed by atoms with Gasteiger partial charge in [0.05, 0.1) is 16.6 Å². The maximum atomic E-state index is 13.3. The van der Waals surface area contributed by atoms with Crippen molar-refractivity contribution < 1.29 is 13.2 Å². The molecule has 0 saturated carbocycles. The molecule has 35 heavy (non-hydrogen) atoms. The van der Waals surface area contributed by atoms with Crippen molar-refractivity contribution in [3.05, 3.63) is 130 Å². The van der Waals surface area contributed by atoms with Crippen LogP contribution in [-0.4, -0.2) is 14.3 Å². The molecule has 0 radical (unpaired) electrons. The van der Waals surface area contributed by atoms with Gasteiger partial charge >= 0.3 is 0 Å². The van der Waals surface area contributed by atoms with Crippen molar-refractivity contribution in [3.8, 4) is 0 Å². The van der Waals surface area contributed by atoms with Crippen LogP contribution >= 0.6 is 0 Å². The molecule has 0 aliphatic rings. The van der Waals surface area contributed by atoms with E-state index in [9.17, 15) is 13.2 Å². The molecular formula is C29H28N2O3S. The van der Waals surface area contributed by atoms with E-state index in [1.807, 2.05) is 68.4 Å². The van der Waals surface area contributed by atoms with E-state index in [4.69, 9.17) is 0 Å². The van der Waals surface area contributed by atoms with E-state index < -0.39 is 10.0 Å². The van der Waals surface area contributed by atoms with Gasteiger partial charge in [-0.3, -0.25) is 9.52 Å². The summed E-state index contributed by atoms with van der Waals surface area (Å²) in [5.41, 5.74) is 5.47. The van der Waals surface area contributed by atoms with Crippen LogP contribution in [-0.2, 0) is 10.0 Å². The molecule has 4 rings (SSSR count). The molecule has 178 valence electrons. The van der Waals surface area contributed by atoms with Crippen molar-refractivity contribution in [2.45, 2.75) is 31.7 Å². The minimum absolute atomic E-state index is 0.167. The molecule has 0 bridgehead atoms. The molecule has 0 fully saturated rings. The van der Waals surface area contributed by atoms with Crippen molar-refractivity contribution in [1.82, 2.24) is 5.32 Å². The van der Waals surface area contributed by atoms with Crippen molar-refractivity contribution >= 4 is 21.6 Å². The highest BCUT2D eigenvalue weighted by Gasteiger charge is 2.20. The maximum absolute atomic E-state index is 13.3. The van der Waals surface area contributed by atoms with Gasteiger partial charge in [0.15, 0.2) is 0 Å². The summed E-state index contributed by atoms with van der Waals surface area (Å²) >= 11 is 0. The van der Waals surface area contributed by atoms with Gasteiger partial charge in [-0.05, 0) is 61.7 Å². The van der Waals surface area contributed by atoms with Crippen LogP contribution in [0.1, 0.15) is 44.2 Å². The van der Waals surface area contributed by atoms with E-state index in [1.54, 1.807) is 49.4 Å². The molecule has 1 atom stereocenters. The number of benzene rings is 4. The molecule has 0 heterocycles. The van der Waals surface area contributed by atoms with Crippen LogP contribution in [0, 0.1) is 20.8 Å². The normalized spacial score (nSPS) is 12.1. The van der Waals surface area contributed by atoms with Crippen molar-refractivity contribution in [2.24, 2.45) is 0 Å². The maximum Gasteiger partial charge on any atom is 0.261 e. The fraction of sp³-hybridized carbons (Fsp3) is 0.138. The summed E-state index contributed by atoms with van der Waals surface area (Å²) in [5.74, 6) is -0.296. The monoisotopic (exact) mass is 484 g/mol. The number of anilines is 1. The summed E-state index contributed by atoms with van der Waals surface area (Å²) in [7, 11) is -3.79. The number of aryl methyl sites for hydroxylation is 3. The van der Waals surface area contributed by atoms with Gasteiger partial charge in [-0.15, -0.1) is 0 Å². The van der Waals surface area contributed by atoms with E-state index in [1.165, 1.54) is 0 Å². The fourth-order valence-electron chi connectivity index (χ4n) is 3.77. The Morgan fingerprint density at radius 2 is 1.29 bits per heavy atom. The molecule has 4 aromatic rings. The lowest BCUT2D eigenvalue weighted by Gasteiger charge is -2.21. The van der Waals surface area contributed by atoms with E-state index >= 15 is 0 Å². The number of amides is 1. The third-order valence-corrected chi connectivity index (χ3v) is 7.28. The third kappa shape index (κ3) is 5.78. The van der Waals surface area contributed by atoms with E-state index in [2.05, 4.69) is 10.0 Å². The van der Waals surface area contributed by atoms with Crippen LogP contribution in [0.25, 0.3) is 0 Å². The Hall–Kier alpha value is -3.90. The highest BCUT2D eigenvalue weighted by atomic mass is 32.2. The average Bonchev–Trinajstić information content (AvgIpc) is 2.85. The summed E-state index contributed by atoms with van der Waals surface area (Å²) in [6.45, 7) is 5.72. The van der Waals surface area contributed by atoms with Gasteiger partial charge in [0, 0.05) is 5.56 Å². The summed E-state index contributed by atoms with van der Waals surface area (Å²) in [6.07, 6.45) is 0. The first kappa shape index (κ1) is 24.2. The first-order valence-corrected chi connectivity index (χ1v) is 12.8. The van der Waals surface area contributed by atoms with Gasteiger partial charge in [0.2, 0.25) is 0 Å². The molecular weight excluding hydrogens is 456 g/mol. The van der Waals surface area contributed by atoms with E-state index in [0.29, 0.717) is 11.3 Å². The zero-order valence-corrected chi connectivity index (χ0v) is 20.8. The Balaban J connectivity index is 1.62. The molecule has 0 spiro atoms. The lowest BCUT2D eigenvalue weighted by Crippen LogP contribution is -2.29. The summed E-state index contributed by atoms with van der Waals surface area (Å²) in [6, 6.07) is 29.1. The fourth-order valence-corrected chi connectivity index (χ4v) is 4.89. The van der Waals surface area contributed by atoms with E-state index in [-0.39, 0.29) is 16.8 Å². The highest BCUT2D eigenvalue weighted by molar-refractivity contribution is 7.92. The average molecular weight is 485 g/mol. The predicted octanol–water partition coefficient (Wildman–Crippen LogP) is 5.93. The standard InChI is InChI=1S/C29H28N2O3S/c1-20-9-14-24(15-10-20)28(23-7-5-4-6-8-23)30-29(32)25-16-13-22(3)27(19-25)31-35(33,34)26-17-11-21(2)12-18-26/h4-19,28,31H,1-3H3,(H,30,32)/t28-/m1/s1. The minimum Gasteiger partial charge on any atom is -0.341 e. The Kier molecular flexibility index (Phi) is 7.03. The number of rotatable bonds is 7. The second kappa shape index (κ2) is 10.2. The topological polar surface area (TPSA) is 75.3 Å². The first-order valence-electron chi connectivity index (χ1n) is 11.4. The van der Waals surface area contributed by atoms with Crippen LogP contribution in [0.4, 0.5) is 5.69 Å². The molecule has 0 aliphatic heterocycles. The molecule has 1 amide bonds. The number of nitrogens with one attached hydrogen (secondary N) is 2. The van der Waals surface area contributed by atoms with E-state index in [0.717, 1.165) is 27.8 Å². The van der Waals surface area contributed by atoms with Crippen molar-refractivity contribution in [3.63, 3.8) is 0 Å². The molecule has 5 nitrogen and oxygen atoms in total.